The third-order valence-corrected chi connectivity index (χ3v) is 8.98. The minimum atomic E-state index is -0.367. The summed E-state index contributed by atoms with van der Waals surface area (Å²) >= 11 is 13.7. The van der Waals surface area contributed by atoms with Crippen LogP contribution in [0.5, 0.6) is 0 Å². The lowest BCUT2D eigenvalue weighted by Crippen LogP contribution is -2.18. The van der Waals surface area contributed by atoms with Crippen LogP contribution in [-0.4, -0.2) is 11.6 Å². The summed E-state index contributed by atoms with van der Waals surface area (Å²) in [6, 6.07) is 18.1. The number of benzene rings is 2. The fourth-order valence-electron chi connectivity index (χ4n) is 4.85. The van der Waals surface area contributed by atoms with Crippen molar-refractivity contribution in [2.24, 2.45) is 31.3 Å². The number of rotatable bonds is 6. The van der Waals surface area contributed by atoms with Crippen LogP contribution in [0.1, 0.15) is 51.3 Å². The van der Waals surface area contributed by atoms with E-state index in [0.29, 0.717) is 44.0 Å². The Labute approximate surface area is 289 Å². The van der Waals surface area contributed by atoms with Gasteiger partial charge in [-0.25, -0.2) is 0 Å². The lowest BCUT2D eigenvalue weighted by Gasteiger charge is -2.23. The molecule has 0 atom stereocenters. The summed E-state index contributed by atoms with van der Waals surface area (Å²) in [5.74, 6) is -0.0615. The molecule has 1 aromatic heterocycles. The van der Waals surface area contributed by atoms with Crippen molar-refractivity contribution in [3.63, 3.8) is 0 Å². The van der Waals surface area contributed by atoms with Gasteiger partial charge in [0, 0.05) is 32.3 Å². The van der Waals surface area contributed by atoms with E-state index < -0.39 is 0 Å². The molecule has 2 aromatic carbocycles. The molecular formula is C38H34Cl2N4O2S. The predicted octanol–water partition coefficient (Wildman–Crippen LogP) is 12.3. The second-order valence-electron chi connectivity index (χ2n) is 13.1. The van der Waals surface area contributed by atoms with E-state index >= 15 is 0 Å². The molecule has 0 bridgehead atoms. The monoisotopic (exact) mass is 680 g/mol. The van der Waals surface area contributed by atoms with Gasteiger partial charge in [-0.15, -0.1) is 21.6 Å². The molecule has 0 saturated heterocycles. The van der Waals surface area contributed by atoms with Crippen molar-refractivity contribution in [3.8, 4) is 0 Å². The van der Waals surface area contributed by atoms with Crippen molar-refractivity contribution in [1.82, 2.24) is 0 Å². The fourth-order valence-corrected chi connectivity index (χ4v) is 6.12. The van der Waals surface area contributed by atoms with Crippen molar-refractivity contribution >= 4 is 68.9 Å². The van der Waals surface area contributed by atoms with Gasteiger partial charge < -0.3 is 0 Å². The summed E-state index contributed by atoms with van der Waals surface area (Å²) in [5.41, 5.74) is 4.62. The summed E-state index contributed by atoms with van der Waals surface area (Å²) in [4.78, 5) is 27.3. The fraction of sp³-hybridized carbons (Fsp3) is 0.211. The highest BCUT2D eigenvalue weighted by Crippen LogP contribution is 2.40. The number of ketones is 2. The van der Waals surface area contributed by atoms with Crippen LogP contribution in [0.4, 0.5) is 11.4 Å². The van der Waals surface area contributed by atoms with Crippen LogP contribution in [0.2, 0.25) is 10.0 Å². The smallest absolute Gasteiger partial charge is 0.182 e. The summed E-state index contributed by atoms with van der Waals surface area (Å²) in [5, 5.41) is 19.7. The summed E-state index contributed by atoms with van der Waals surface area (Å²) < 4.78 is 0. The van der Waals surface area contributed by atoms with E-state index in [-0.39, 0.29) is 22.4 Å². The first kappa shape index (κ1) is 34.0. The van der Waals surface area contributed by atoms with E-state index in [2.05, 4.69) is 10.2 Å². The van der Waals surface area contributed by atoms with E-state index in [1.54, 1.807) is 72.8 Å². The van der Waals surface area contributed by atoms with Gasteiger partial charge in [-0.3, -0.25) is 9.59 Å². The Kier molecular flexibility index (Phi) is 10.0. The second kappa shape index (κ2) is 13.8. The molecule has 0 unspecified atom stereocenters. The second-order valence-corrected chi connectivity index (χ2v) is 15.1. The molecule has 9 heteroatoms. The Morgan fingerprint density at radius 3 is 1.26 bits per heavy atom. The van der Waals surface area contributed by atoms with Crippen LogP contribution in [0.3, 0.4) is 0 Å². The molecular weight excluding hydrogens is 647 g/mol. The Morgan fingerprint density at radius 2 is 0.915 bits per heavy atom. The average molecular weight is 682 g/mol. The Balaban J connectivity index is 1.68. The number of nitrogens with zero attached hydrogens (tertiary/aromatic N) is 4. The van der Waals surface area contributed by atoms with Crippen molar-refractivity contribution in [2.75, 3.05) is 0 Å². The molecule has 47 heavy (non-hydrogen) atoms. The third kappa shape index (κ3) is 8.35. The van der Waals surface area contributed by atoms with Crippen LogP contribution >= 0.6 is 34.5 Å². The first-order chi connectivity index (χ1) is 22.2. The van der Waals surface area contributed by atoms with Crippen LogP contribution in [0.15, 0.2) is 140 Å². The maximum atomic E-state index is 12.8. The van der Waals surface area contributed by atoms with Gasteiger partial charge in [-0.05, 0) is 108 Å². The number of allylic oxidation sites excluding steroid dienone is 10. The number of carbonyl (C=O) groups excluding carboxylic acids is 2. The molecule has 0 radical (unpaired) electrons. The van der Waals surface area contributed by atoms with Gasteiger partial charge in [0.05, 0.1) is 21.1 Å². The van der Waals surface area contributed by atoms with Gasteiger partial charge in [0.15, 0.2) is 11.6 Å². The Bertz CT molecular complexity index is 1830. The standard InChI is InChI=1S/C38H34Cl2N4O2S/c1-37(2,3)29-21-23(7-17-31(29)45)35(43-41-27-13-9-25(39)10-14-27)33-19-20-34(47-33)36(44-42-28-15-11-26(40)12-16-28)24-8-18-32(46)30(22-24)38(4,5)6/h7-22H,1-6H3/b35-23+,36-24+,43-41+,44-42+. The topological polar surface area (TPSA) is 83.6 Å². The van der Waals surface area contributed by atoms with E-state index in [9.17, 15) is 9.59 Å². The first-order valence-electron chi connectivity index (χ1n) is 15.0. The quantitative estimate of drug-likeness (QED) is 0.243. The number of hydrogen-bond donors (Lipinski definition) is 0. The molecule has 6 nitrogen and oxygen atoms in total. The van der Waals surface area contributed by atoms with E-state index in [1.165, 1.54) is 11.3 Å². The van der Waals surface area contributed by atoms with Crippen molar-refractivity contribution < 1.29 is 9.59 Å². The molecule has 0 spiro atoms. The van der Waals surface area contributed by atoms with Crippen LogP contribution < -0.4 is 0 Å². The molecule has 5 rings (SSSR count). The Morgan fingerprint density at radius 1 is 0.553 bits per heavy atom. The largest absolute Gasteiger partial charge is 0.290 e. The molecule has 2 aliphatic carbocycles. The number of halogens is 2. The zero-order valence-corrected chi connectivity index (χ0v) is 29.3. The molecule has 3 aromatic rings. The van der Waals surface area contributed by atoms with Crippen LogP contribution in [0, 0.1) is 10.8 Å². The van der Waals surface area contributed by atoms with Crippen LogP contribution in [-0.2, 0) is 9.59 Å². The molecule has 2 aliphatic rings. The lowest BCUT2D eigenvalue weighted by atomic mass is 9.80. The molecule has 0 fully saturated rings. The number of thiophene rings is 1. The third-order valence-electron chi connectivity index (χ3n) is 7.38. The minimum absolute atomic E-state index is 0.0307. The predicted molar refractivity (Wildman–Crippen MR) is 193 cm³/mol. The van der Waals surface area contributed by atoms with Gasteiger partial charge in [0.2, 0.25) is 0 Å². The van der Waals surface area contributed by atoms with Gasteiger partial charge in [-0.2, -0.15) is 10.2 Å². The maximum Gasteiger partial charge on any atom is 0.182 e. The van der Waals surface area contributed by atoms with Crippen LogP contribution in [0.25, 0.3) is 11.4 Å². The molecule has 0 aliphatic heterocycles. The number of azo groups is 2. The van der Waals surface area contributed by atoms with Gasteiger partial charge >= 0.3 is 0 Å². The number of carbonyl (C=O) groups is 2. The van der Waals surface area contributed by atoms with E-state index in [0.717, 1.165) is 20.9 Å². The average Bonchev–Trinajstić information content (AvgIpc) is 3.49. The summed E-state index contributed by atoms with van der Waals surface area (Å²) in [6.07, 6.45) is 10.5. The molecule has 0 N–H and O–H groups in total. The first-order valence-corrected chi connectivity index (χ1v) is 16.6. The molecule has 1 heterocycles. The Hall–Kier alpha value is -4.30. The highest BCUT2D eigenvalue weighted by atomic mass is 35.5. The summed E-state index contributed by atoms with van der Waals surface area (Å²) in [7, 11) is 0. The molecule has 238 valence electrons. The maximum absolute atomic E-state index is 12.8. The van der Waals surface area contributed by atoms with E-state index in [4.69, 9.17) is 33.4 Å². The highest BCUT2D eigenvalue weighted by Gasteiger charge is 2.27. The van der Waals surface area contributed by atoms with Gasteiger partial charge in [-0.1, -0.05) is 64.7 Å². The zero-order valence-electron chi connectivity index (χ0n) is 27.0. The van der Waals surface area contributed by atoms with Crippen molar-refractivity contribution in [3.05, 3.63) is 139 Å². The number of hydrogen-bond acceptors (Lipinski definition) is 7. The summed E-state index contributed by atoms with van der Waals surface area (Å²) in [6.45, 7) is 12.1. The molecule has 0 amide bonds. The normalized spacial score (nSPS) is 17.9. The van der Waals surface area contributed by atoms with Gasteiger partial charge in [0.1, 0.15) is 11.4 Å². The van der Waals surface area contributed by atoms with Crippen molar-refractivity contribution in [2.45, 2.75) is 41.5 Å². The van der Waals surface area contributed by atoms with Crippen molar-refractivity contribution in [1.29, 1.82) is 0 Å². The molecule has 0 saturated carbocycles. The van der Waals surface area contributed by atoms with Gasteiger partial charge in [0.25, 0.3) is 0 Å². The highest BCUT2D eigenvalue weighted by molar-refractivity contribution is 7.14. The van der Waals surface area contributed by atoms with E-state index in [1.807, 2.05) is 65.8 Å². The lowest BCUT2D eigenvalue weighted by molar-refractivity contribution is -0.113. The SMILES string of the molecule is CC(C)(C)C1=C/C(=C(/N=N/c2ccc(Cl)cc2)c2ccc(C(/N=N/c3ccc(Cl)cc3)=C3/C=CC(=O)C(C(C)(C)C)=C3)s2)C=CC1=O. The minimum Gasteiger partial charge on any atom is -0.290 e. The zero-order chi connectivity index (χ0) is 33.9.